The maximum absolute atomic E-state index is 12.8. The van der Waals surface area contributed by atoms with Crippen LogP contribution in [0.15, 0.2) is 22.8 Å². The SMILES string of the molecule is CO[C@@H]1CCCC[C@@H]1NC(=O)N(C1CC1)[C@@H](C)c1ccco1. The maximum atomic E-state index is 12.8. The van der Waals surface area contributed by atoms with Gasteiger partial charge in [-0.1, -0.05) is 12.8 Å². The van der Waals surface area contributed by atoms with Gasteiger partial charge in [0, 0.05) is 13.2 Å². The highest BCUT2D eigenvalue weighted by Gasteiger charge is 2.38. The summed E-state index contributed by atoms with van der Waals surface area (Å²) >= 11 is 0. The van der Waals surface area contributed by atoms with Gasteiger partial charge < -0.3 is 19.4 Å². The first-order chi connectivity index (χ1) is 10.7. The average molecular weight is 306 g/mol. The summed E-state index contributed by atoms with van der Waals surface area (Å²) in [7, 11) is 1.74. The highest BCUT2D eigenvalue weighted by atomic mass is 16.5. The molecule has 0 radical (unpaired) electrons. The summed E-state index contributed by atoms with van der Waals surface area (Å²) in [4.78, 5) is 14.8. The summed E-state index contributed by atoms with van der Waals surface area (Å²) in [6, 6.07) is 4.25. The molecule has 2 aliphatic rings. The minimum Gasteiger partial charge on any atom is -0.467 e. The Morgan fingerprint density at radius 1 is 1.36 bits per heavy atom. The molecular weight excluding hydrogens is 280 g/mol. The van der Waals surface area contributed by atoms with Gasteiger partial charge in [-0.3, -0.25) is 0 Å². The molecule has 3 rings (SSSR count). The Morgan fingerprint density at radius 2 is 2.14 bits per heavy atom. The first-order valence-electron chi connectivity index (χ1n) is 8.35. The van der Waals surface area contributed by atoms with Crippen LogP contribution < -0.4 is 5.32 Å². The van der Waals surface area contributed by atoms with Crippen LogP contribution in [0.5, 0.6) is 0 Å². The van der Waals surface area contributed by atoms with Gasteiger partial charge in [-0.25, -0.2) is 4.79 Å². The number of nitrogens with one attached hydrogen (secondary N) is 1. The molecule has 5 heteroatoms. The fraction of sp³-hybridized carbons (Fsp3) is 0.706. The summed E-state index contributed by atoms with van der Waals surface area (Å²) in [6.45, 7) is 2.03. The molecule has 2 amide bonds. The number of methoxy groups -OCH3 is 1. The van der Waals surface area contributed by atoms with Gasteiger partial charge in [0.1, 0.15) is 5.76 Å². The highest BCUT2D eigenvalue weighted by molar-refractivity contribution is 5.75. The van der Waals surface area contributed by atoms with Crippen molar-refractivity contribution in [1.82, 2.24) is 10.2 Å². The number of hydrogen-bond acceptors (Lipinski definition) is 3. The molecule has 0 aliphatic heterocycles. The molecule has 122 valence electrons. The van der Waals surface area contributed by atoms with Crippen molar-refractivity contribution in [1.29, 1.82) is 0 Å². The van der Waals surface area contributed by atoms with E-state index in [4.69, 9.17) is 9.15 Å². The van der Waals surface area contributed by atoms with Gasteiger partial charge in [0.2, 0.25) is 0 Å². The van der Waals surface area contributed by atoms with Gasteiger partial charge >= 0.3 is 6.03 Å². The smallest absolute Gasteiger partial charge is 0.318 e. The summed E-state index contributed by atoms with van der Waals surface area (Å²) in [6.07, 6.45) is 8.32. The number of urea groups is 1. The molecule has 0 aromatic carbocycles. The third kappa shape index (κ3) is 3.29. The molecule has 2 fully saturated rings. The Hall–Kier alpha value is -1.49. The van der Waals surface area contributed by atoms with Gasteiger partial charge in [0.05, 0.1) is 24.5 Å². The fourth-order valence-corrected chi connectivity index (χ4v) is 3.45. The van der Waals surface area contributed by atoms with E-state index in [9.17, 15) is 4.79 Å². The third-order valence-corrected chi connectivity index (χ3v) is 4.86. The van der Waals surface area contributed by atoms with Crippen LogP contribution in [-0.4, -0.2) is 36.2 Å². The van der Waals surface area contributed by atoms with Crippen LogP contribution in [0.2, 0.25) is 0 Å². The Balaban J connectivity index is 1.67. The molecule has 22 heavy (non-hydrogen) atoms. The predicted molar refractivity (Wildman–Crippen MR) is 83.6 cm³/mol. The fourth-order valence-electron chi connectivity index (χ4n) is 3.45. The van der Waals surface area contributed by atoms with E-state index in [1.165, 1.54) is 6.42 Å². The summed E-state index contributed by atoms with van der Waals surface area (Å²) in [5.74, 6) is 0.842. The number of carbonyl (C=O) groups is 1. The molecule has 0 bridgehead atoms. The van der Waals surface area contributed by atoms with E-state index in [2.05, 4.69) is 5.32 Å². The predicted octanol–water partition coefficient (Wildman–Crippen LogP) is 3.47. The van der Waals surface area contributed by atoms with E-state index in [0.29, 0.717) is 6.04 Å². The molecule has 5 nitrogen and oxygen atoms in total. The van der Waals surface area contributed by atoms with Crippen molar-refractivity contribution >= 4 is 6.03 Å². The summed E-state index contributed by atoms with van der Waals surface area (Å²) < 4.78 is 11.0. The molecule has 1 aromatic heterocycles. The van der Waals surface area contributed by atoms with E-state index in [1.807, 2.05) is 24.0 Å². The molecule has 0 spiro atoms. The summed E-state index contributed by atoms with van der Waals surface area (Å²) in [5.41, 5.74) is 0. The lowest BCUT2D eigenvalue weighted by atomic mass is 9.92. The van der Waals surface area contributed by atoms with E-state index in [-0.39, 0.29) is 24.2 Å². The van der Waals surface area contributed by atoms with Crippen LogP contribution in [0.1, 0.15) is 57.3 Å². The Labute approximate surface area is 132 Å². The van der Waals surface area contributed by atoms with Crippen LogP contribution in [0, 0.1) is 0 Å². The van der Waals surface area contributed by atoms with Crippen LogP contribution in [0.25, 0.3) is 0 Å². The minimum absolute atomic E-state index is 0.0142. The zero-order chi connectivity index (χ0) is 15.5. The second kappa shape index (κ2) is 6.73. The Bertz CT molecular complexity index is 484. The number of hydrogen-bond donors (Lipinski definition) is 1. The molecule has 2 saturated carbocycles. The monoisotopic (exact) mass is 306 g/mol. The standard InChI is InChI=1S/C17H26N2O3/c1-12(15-8-5-11-22-15)19(13-9-10-13)17(20)18-14-6-3-4-7-16(14)21-2/h5,8,11-14,16H,3-4,6-7,9-10H2,1-2H3,(H,18,20)/t12-,14-,16+/m0/s1. The molecule has 0 saturated heterocycles. The van der Waals surface area contributed by atoms with Crippen molar-refractivity contribution < 1.29 is 13.9 Å². The van der Waals surface area contributed by atoms with Gasteiger partial charge in [-0.2, -0.15) is 0 Å². The third-order valence-electron chi connectivity index (χ3n) is 4.86. The number of furan rings is 1. The number of nitrogens with zero attached hydrogens (tertiary/aromatic N) is 1. The highest BCUT2D eigenvalue weighted by Crippen LogP contribution is 2.34. The van der Waals surface area contributed by atoms with Crippen LogP contribution in [0.4, 0.5) is 4.79 Å². The molecule has 0 unspecified atom stereocenters. The molecule has 1 aromatic rings. The van der Waals surface area contributed by atoms with Crippen molar-refractivity contribution in [3.63, 3.8) is 0 Å². The quantitative estimate of drug-likeness (QED) is 0.906. The largest absolute Gasteiger partial charge is 0.467 e. The van der Waals surface area contributed by atoms with Crippen LogP contribution >= 0.6 is 0 Å². The van der Waals surface area contributed by atoms with E-state index in [1.54, 1.807) is 13.4 Å². The molecule has 1 N–H and O–H groups in total. The average Bonchev–Trinajstić information content (AvgIpc) is 3.19. The first-order valence-corrected chi connectivity index (χ1v) is 8.35. The van der Waals surface area contributed by atoms with Gasteiger partial charge in [-0.15, -0.1) is 0 Å². The van der Waals surface area contributed by atoms with Crippen molar-refractivity contribution in [2.45, 2.75) is 69.7 Å². The zero-order valence-corrected chi connectivity index (χ0v) is 13.5. The number of ether oxygens (including phenoxy) is 1. The molecule has 2 aliphatic carbocycles. The lowest BCUT2D eigenvalue weighted by Crippen LogP contribution is -2.52. The second-order valence-electron chi connectivity index (χ2n) is 6.44. The summed E-state index contributed by atoms with van der Waals surface area (Å²) in [5, 5.41) is 3.20. The number of carbonyl (C=O) groups excluding carboxylic acids is 1. The van der Waals surface area contributed by atoms with Gasteiger partial charge in [-0.05, 0) is 44.7 Å². The lowest BCUT2D eigenvalue weighted by Gasteiger charge is -2.35. The Morgan fingerprint density at radius 3 is 2.77 bits per heavy atom. The topological polar surface area (TPSA) is 54.7 Å². The van der Waals surface area contributed by atoms with Crippen molar-refractivity contribution in [2.24, 2.45) is 0 Å². The van der Waals surface area contributed by atoms with Gasteiger partial charge in [0.15, 0.2) is 0 Å². The second-order valence-corrected chi connectivity index (χ2v) is 6.44. The lowest BCUT2D eigenvalue weighted by molar-refractivity contribution is 0.0417. The molecule has 1 heterocycles. The normalized spacial score (nSPS) is 26.5. The van der Waals surface area contributed by atoms with Crippen LogP contribution in [0.3, 0.4) is 0 Å². The van der Waals surface area contributed by atoms with Crippen molar-refractivity contribution in [2.75, 3.05) is 7.11 Å². The molecule has 3 atom stereocenters. The van der Waals surface area contributed by atoms with Gasteiger partial charge in [0.25, 0.3) is 0 Å². The van der Waals surface area contributed by atoms with Crippen molar-refractivity contribution in [3.05, 3.63) is 24.2 Å². The minimum atomic E-state index is -0.0351. The van der Waals surface area contributed by atoms with Crippen molar-refractivity contribution in [3.8, 4) is 0 Å². The number of rotatable bonds is 5. The van der Waals surface area contributed by atoms with Crippen LogP contribution in [-0.2, 0) is 4.74 Å². The first kappa shape index (κ1) is 15.4. The van der Waals surface area contributed by atoms with E-state index >= 15 is 0 Å². The molecular formula is C17H26N2O3. The van der Waals surface area contributed by atoms with E-state index < -0.39 is 0 Å². The van der Waals surface area contributed by atoms with E-state index in [0.717, 1.165) is 37.9 Å². The number of amides is 2. The Kier molecular flexibility index (Phi) is 4.71. The maximum Gasteiger partial charge on any atom is 0.318 e. The zero-order valence-electron chi connectivity index (χ0n) is 13.5.